The van der Waals surface area contributed by atoms with Crippen LogP contribution < -0.4 is 0 Å². The van der Waals surface area contributed by atoms with Crippen molar-refractivity contribution in [1.29, 1.82) is 0 Å². The highest BCUT2D eigenvalue weighted by atomic mass is 14.8. The third-order valence-corrected chi connectivity index (χ3v) is 10.1. The lowest BCUT2D eigenvalue weighted by molar-refractivity contribution is 1.31. The monoisotopic (exact) mass is 690 g/mol. The van der Waals surface area contributed by atoms with Crippen LogP contribution >= 0.6 is 0 Å². The Morgan fingerprint density at radius 1 is 0.370 bits per heavy atom. The van der Waals surface area contributed by atoms with E-state index in [2.05, 4.69) is 157 Å². The summed E-state index contributed by atoms with van der Waals surface area (Å²) in [6.45, 7) is 4.21. The number of rotatable bonds is 4. The number of hydrogen-bond acceptors (Lipinski definition) is 2. The van der Waals surface area contributed by atoms with Gasteiger partial charge in [-0.25, -0.2) is 9.97 Å². The van der Waals surface area contributed by atoms with Crippen LogP contribution in [-0.4, -0.2) is 19.9 Å². The average molecular weight is 691 g/mol. The van der Waals surface area contributed by atoms with Crippen molar-refractivity contribution in [3.05, 3.63) is 166 Å². The first kappa shape index (κ1) is 32.5. The molecule has 0 aliphatic carbocycles. The lowest BCUT2D eigenvalue weighted by atomic mass is 10.0. The summed E-state index contributed by atoms with van der Waals surface area (Å²) in [6.07, 6.45) is 20.0. The molecule has 0 saturated carbocycles. The Labute approximate surface area is 314 Å². The molecule has 2 aliphatic heterocycles. The minimum atomic E-state index is 0.824. The van der Waals surface area contributed by atoms with E-state index in [0.29, 0.717) is 0 Å². The Kier molecular flexibility index (Phi) is 8.00. The molecule has 0 spiro atoms. The molecule has 0 atom stereocenters. The molecule has 2 aliphatic rings. The fraction of sp³-hybridized carbons (Fsp3) is 0.0400. The summed E-state index contributed by atoms with van der Waals surface area (Å²) < 4.78 is 0. The van der Waals surface area contributed by atoms with Gasteiger partial charge in [0.05, 0.1) is 22.8 Å². The maximum absolute atomic E-state index is 5.76. The molecule has 9 rings (SSSR count). The Morgan fingerprint density at radius 2 is 0.630 bits per heavy atom. The predicted octanol–water partition coefficient (Wildman–Crippen LogP) is 11.9. The topological polar surface area (TPSA) is 57.4 Å². The van der Waals surface area contributed by atoms with Gasteiger partial charge in [0.25, 0.3) is 0 Å². The van der Waals surface area contributed by atoms with Crippen LogP contribution in [0.5, 0.6) is 0 Å². The SMILES string of the molecule is C#Cc1ccc(-c2c3nc(c(-c4ccc(C)cc4)c4ccc([nH]4)c(-c4ccc(C#C)cc4)c4nc(c(-c5ccc(C)cc5)c5ccc2[nH]5)C=C4)C=C3)cc1. The van der Waals surface area contributed by atoms with Crippen molar-refractivity contribution in [3.63, 3.8) is 0 Å². The molecule has 254 valence electrons. The first-order valence-corrected chi connectivity index (χ1v) is 17.9. The fourth-order valence-electron chi connectivity index (χ4n) is 7.33. The van der Waals surface area contributed by atoms with Crippen LogP contribution in [0.2, 0.25) is 0 Å². The van der Waals surface area contributed by atoms with Crippen molar-refractivity contribution in [2.75, 3.05) is 0 Å². The zero-order valence-corrected chi connectivity index (χ0v) is 29.9. The third kappa shape index (κ3) is 5.83. The minimum absolute atomic E-state index is 0.824. The standard InChI is InChI=1S/C50H34N4/c1-5-33-11-19-37(20-12-33)49-43-27-23-39(51-43)47(35-15-7-31(3)8-16-35)41-25-29-45(53-41)50(38-21-13-34(6-2)14-22-38)46-30-26-42(54-46)48(40-24-28-44(49)52-40)36-17-9-32(4)10-18-36/h1-2,7-30,51,54H,3-4H3. The molecule has 2 N–H and O–H groups in total. The number of hydrogen-bond donors (Lipinski definition) is 2. The molecule has 7 aromatic rings. The number of aryl methyl sites for hydroxylation is 2. The summed E-state index contributed by atoms with van der Waals surface area (Å²) in [5, 5.41) is 0. The maximum Gasteiger partial charge on any atom is 0.0737 e. The van der Waals surface area contributed by atoms with Crippen molar-refractivity contribution in [1.82, 2.24) is 19.9 Å². The van der Waals surface area contributed by atoms with E-state index in [9.17, 15) is 0 Å². The van der Waals surface area contributed by atoms with Gasteiger partial charge in [-0.2, -0.15) is 0 Å². The van der Waals surface area contributed by atoms with E-state index in [4.69, 9.17) is 22.8 Å². The van der Waals surface area contributed by atoms with Crippen molar-refractivity contribution in [3.8, 4) is 69.2 Å². The summed E-state index contributed by atoms with van der Waals surface area (Å²) in [5.41, 5.74) is 19.3. The van der Waals surface area contributed by atoms with Gasteiger partial charge in [0.1, 0.15) is 0 Å². The zero-order chi connectivity index (χ0) is 36.8. The molecule has 0 amide bonds. The number of nitrogens with one attached hydrogen (secondary N) is 2. The van der Waals surface area contributed by atoms with E-state index in [1.54, 1.807) is 0 Å². The normalized spacial score (nSPS) is 11.7. The molecule has 8 bridgehead atoms. The molecule has 0 saturated heterocycles. The van der Waals surface area contributed by atoms with E-state index in [0.717, 1.165) is 100 Å². The number of benzene rings is 4. The van der Waals surface area contributed by atoms with Crippen LogP contribution in [-0.2, 0) is 0 Å². The Bertz CT molecular complexity index is 2710. The highest BCUT2D eigenvalue weighted by Crippen LogP contribution is 2.38. The average Bonchev–Trinajstić information content (AvgIpc) is 4.05. The number of aromatic amines is 2. The van der Waals surface area contributed by atoms with Gasteiger partial charge in [0.15, 0.2) is 0 Å². The fourth-order valence-corrected chi connectivity index (χ4v) is 7.33. The summed E-state index contributed by atoms with van der Waals surface area (Å²) >= 11 is 0. The summed E-state index contributed by atoms with van der Waals surface area (Å²) in [5.74, 6) is 5.51. The lowest BCUT2D eigenvalue weighted by Gasteiger charge is -2.07. The molecule has 3 aromatic heterocycles. The molecule has 4 nitrogen and oxygen atoms in total. The van der Waals surface area contributed by atoms with Gasteiger partial charge in [-0.1, -0.05) is 95.8 Å². The second-order valence-electron chi connectivity index (χ2n) is 13.7. The van der Waals surface area contributed by atoms with E-state index < -0.39 is 0 Å². The Balaban J connectivity index is 1.46. The highest BCUT2D eigenvalue weighted by molar-refractivity contribution is 5.99. The van der Waals surface area contributed by atoms with Crippen LogP contribution in [0.4, 0.5) is 0 Å². The second-order valence-corrected chi connectivity index (χ2v) is 13.7. The van der Waals surface area contributed by atoms with E-state index >= 15 is 0 Å². The van der Waals surface area contributed by atoms with Crippen molar-refractivity contribution in [2.45, 2.75) is 13.8 Å². The van der Waals surface area contributed by atoms with E-state index in [1.807, 2.05) is 24.3 Å². The Hall–Kier alpha value is -7.40. The zero-order valence-electron chi connectivity index (χ0n) is 29.9. The Morgan fingerprint density at radius 3 is 0.889 bits per heavy atom. The second kappa shape index (κ2) is 13.3. The minimum Gasteiger partial charge on any atom is -0.354 e. The van der Waals surface area contributed by atoms with Crippen molar-refractivity contribution in [2.24, 2.45) is 0 Å². The van der Waals surface area contributed by atoms with Gasteiger partial charge in [0.2, 0.25) is 0 Å². The van der Waals surface area contributed by atoms with E-state index in [1.165, 1.54) is 11.1 Å². The molecular weight excluding hydrogens is 657 g/mol. The first-order chi connectivity index (χ1) is 26.4. The summed E-state index contributed by atoms with van der Waals surface area (Å²) in [6, 6.07) is 42.0. The van der Waals surface area contributed by atoms with Crippen molar-refractivity contribution < 1.29 is 0 Å². The quantitative estimate of drug-likeness (QED) is 0.181. The predicted molar refractivity (Wildman–Crippen MR) is 226 cm³/mol. The molecule has 0 radical (unpaired) electrons. The van der Waals surface area contributed by atoms with Gasteiger partial charge in [0, 0.05) is 55.4 Å². The number of aromatic nitrogens is 4. The number of fused-ring (bicyclic) bond motifs is 8. The van der Waals surface area contributed by atoms with Crippen LogP contribution in [0.3, 0.4) is 0 Å². The lowest BCUT2D eigenvalue weighted by Crippen LogP contribution is -1.90. The molecule has 0 fully saturated rings. The number of nitrogens with zero attached hydrogens (tertiary/aromatic N) is 2. The van der Waals surface area contributed by atoms with Gasteiger partial charge in [-0.15, -0.1) is 12.8 Å². The summed E-state index contributed by atoms with van der Waals surface area (Å²) in [7, 11) is 0. The molecular formula is C50H34N4. The third-order valence-electron chi connectivity index (χ3n) is 10.1. The van der Waals surface area contributed by atoms with Crippen LogP contribution in [0.15, 0.2) is 121 Å². The molecule has 4 aromatic carbocycles. The largest absolute Gasteiger partial charge is 0.354 e. The number of terminal acetylenes is 2. The highest BCUT2D eigenvalue weighted by Gasteiger charge is 2.19. The number of H-pyrrole nitrogens is 2. The first-order valence-electron chi connectivity index (χ1n) is 17.9. The molecule has 54 heavy (non-hydrogen) atoms. The van der Waals surface area contributed by atoms with Crippen LogP contribution in [0.1, 0.15) is 45.0 Å². The molecule has 0 unspecified atom stereocenters. The van der Waals surface area contributed by atoms with Crippen LogP contribution in [0, 0.1) is 38.5 Å². The molecule has 4 heteroatoms. The van der Waals surface area contributed by atoms with Crippen LogP contribution in [0.25, 0.3) is 90.9 Å². The van der Waals surface area contributed by atoms with Gasteiger partial charge < -0.3 is 9.97 Å². The van der Waals surface area contributed by atoms with E-state index in [-0.39, 0.29) is 0 Å². The smallest absolute Gasteiger partial charge is 0.0737 e. The van der Waals surface area contributed by atoms with Crippen molar-refractivity contribution >= 4 is 46.4 Å². The summed E-state index contributed by atoms with van der Waals surface area (Å²) in [4.78, 5) is 18.4. The molecule has 5 heterocycles. The van der Waals surface area contributed by atoms with Gasteiger partial charge >= 0.3 is 0 Å². The van der Waals surface area contributed by atoms with Gasteiger partial charge in [-0.05, 0) is 109 Å². The van der Waals surface area contributed by atoms with Gasteiger partial charge in [-0.3, -0.25) is 0 Å². The maximum atomic E-state index is 5.76.